The highest BCUT2D eigenvalue weighted by molar-refractivity contribution is 6.29. The quantitative estimate of drug-likeness (QED) is 0.480. The summed E-state index contributed by atoms with van der Waals surface area (Å²) in [5.41, 5.74) is 3.81. The number of amides is 1. The molecule has 1 amide bonds. The fourth-order valence-corrected chi connectivity index (χ4v) is 3.11. The Morgan fingerprint density at radius 1 is 1.14 bits per heavy atom. The van der Waals surface area contributed by atoms with Crippen LogP contribution in [-0.4, -0.2) is 23.5 Å². The second-order valence-electron chi connectivity index (χ2n) is 6.86. The van der Waals surface area contributed by atoms with Crippen LogP contribution in [0, 0.1) is 6.92 Å². The molecule has 0 aliphatic carbocycles. The molecule has 0 fully saturated rings. The number of anilines is 1. The van der Waals surface area contributed by atoms with Gasteiger partial charge in [-0.3, -0.25) is 4.79 Å². The maximum absolute atomic E-state index is 12.3. The topological polar surface area (TPSA) is 68.3 Å². The Bertz CT molecular complexity index is 1050. The first-order chi connectivity index (χ1) is 13.3. The average molecular weight is 397 g/mol. The van der Waals surface area contributed by atoms with E-state index in [1.807, 2.05) is 25.1 Å². The average Bonchev–Trinajstić information content (AvgIpc) is 2.67. The number of para-hydroxylation sites is 1. The van der Waals surface area contributed by atoms with E-state index in [0.717, 1.165) is 22.2 Å². The van der Waals surface area contributed by atoms with Crippen molar-refractivity contribution in [3.8, 4) is 0 Å². The number of nitrogens with zero attached hydrogens (tertiary/aromatic N) is 1. The highest BCUT2D eigenvalue weighted by atomic mass is 35.5. The first kappa shape index (κ1) is 19.8. The zero-order valence-corrected chi connectivity index (χ0v) is 16.7. The summed E-state index contributed by atoms with van der Waals surface area (Å²) in [6.07, 6.45) is 0. The summed E-state index contributed by atoms with van der Waals surface area (Å²) in [4.78, 5) is 28.8. The van der Waals surface area contributed by atoms with Gasteiger partial charge in [-0.05, 0) is 54.3 Å². The summed E-state index contributed by atoms with van der Waals surface area (Å²) in [6, 6.07) is 14.3. The highest BCUT2D eigenvalue weighted by Gasteiger charge is 2.15. The van der Waals surface area contributed by atoms with Crippen LogP contribution in [0.4, 0.5) is 5.69 Å². The van der Waals surface area contributed by atoms with Crippen molar-refractivity contribution in [1.29, 1.82) is 0 Å². The minimum atomic E-state index is -0.569. The first-order valence-electron chi connectivity index (χ1n) is 8.98. The molecule has 144 valence electrons. The van der Waals surface area contributed by atoms with Gasteiger partial charge in [-0.2, -0.15) is 0 Å². The largest absolute Gasteiger partial charge is 0.452 e. The maximum atomic E-state index is 12.3. The molecule has 0 radical (unpaired) electrons. The van der Waals surface area contributed by atoms with Crippen LogP contribution in [0.1, 0.15) is 41.3 Å². The molecular weight excluding hydrogens is 376 g/mol. The van der Waals surface area contributed by atoms with E-state index in [1.54, 1.807) is 30.3 Å². The van der Waals surface area contributed by atoms with Gasteiger partial charge in [-0.25, -0.2) is 9.78 Å². The Balaban J connectivity index is 1.67. The predicted molar refractivity (Wildman–Crippen MR) is 111 cm³/mol. The molecular formula is C22H21ClN2O3. The SMILES string of the molecule is Cc1cccc(C(C)C)c1NC(=O)COC(=O)c1ccc2nc(Cl)ccc2c1. The molecule has 6 heteroatoms. The zero-order valence-electron chi connectivity index (χ0n) is 16.0. The Hall–Kier alpha value is -2.92. The summed E-state index contributed by atoms with van der Waals surface area (Å²) < 4.78 is 5.18. The summed E-state index contributed by atoms with van der Waals surface area (Å²) in [6.45, 7) is 5.70. The van der Waals surface area contributed by atoms with Gasteiger partial charge in [0.2, 0.25) is 0 Å². The number of pyridine rings is 1. The molecule has 3 aromatic rings. The molecule has 0 spiro atoms. The first-order valence-corrected chi connectivity index (χ1v) is 9.35. The fourth-order valence-electron chi connectivity index (χ4n) is 2.96. The minimum Gasteiger partial charge on any atom is -0.452 e. The van der Waals surface area contributed by atoms with Crippen molar-refractivity contribution >= 4 is 40.1 Å². The van der Waals surface area contributed by atoms with Crippen molar-refractivity contribution in [1.82, 2.24) is 4.98 Å². The van der Waals surface area contributed by atoms with E-state index in [1.165, 1.54) is 0 Å². The summed E-state index contributed by atoms with van der Waals surface area (Å²) in [5, 5.41) is 4.02. The number of aromatic nitrogens is 1. The fraction of sp³-hybridized carbons (Fsp3) is 0.227. The molecule has 1 aromatic heterocycles. The summed E-state index contributed by atoms with van der Waals surface area (Å²) >= 11 is 5.87. The molecule has 0 atom stereocenters. The van der Waals surface area contributed by atoms with Crippen molar-refractivity contribution in [3.63, 3.8) is 0 Å². The van der Waals surface area contributed by atoms with Crippen molar-refractivity contribution in [2.24, 2.45) is 0 Å². The molecule has 1 N–H and O–H groups in total. The van der Waals surface area contributed by atoms with Gasteiger partial charge in [0.25, 0.3) is 5.91 Å². The highest BCUT2D eigenvalue weighted by Crippen LogP contribution is 2.27. The Morgan fingerprint density at radius 3 is 2.68 bits per heavy atom. The molecule has 28 heavy (non-hydrogen) atoms. The molecule has 0 aliphatic rings. The lowest BCUT2D eigenvalue weighted by Crippen LogP contribution is -2.22. The van der Waals surface area contributed by atoms with Gasteiger partial charge in [0.15, 0.2) is 6.61 Å². The van der Waals surface area contributed by atoms with E-state index in [9.17, 15) is 9.59 Å². The standard InChI is InChI=1S/C22H21ClN2O3/c1-13(2)17-6-4-5-14(3)21(17)25-20(26)12-28-22(27)16-7-9-18-15(11-16)8-10-19(23)24-18/h4-11,13H,12H2,1-3H3,(H,25,26). The lowest BCUT2D eigenvalue weighted by molar-refractivity contribution is -0.119. The molecule has 0 saturated heterocycles. The van der Waals surface area contributed by atoms with Crippen molar-refractivity contribution in [3.05, 3.63) is 70.4 Å². The molecule has 1 heterocycles. The maximum Gasteiger partial charge on any atom is 0.338 e. The minimum absolute atomic E-state index is 0.262. The van der Waals surface area contributed by atoms with E-state index in [0.29, 0.717) is 16.2 Å². The number of hydrogen-bond acceptors (Lipinski definition) is 4. The van der Waals surface area contributed by atoms with Crippen LogP contribution in [0.3, 0.4) is 0 Å². The summed E-state index contributed by atoms with van der Waals surface area (Å²) in [5.74, 6) is -0.683. The van der Waals surface area contributed by atoms with Crippen LogP contribution in [0.2, 0.25) is 5.15 Å². The van der Waals surface area contributed by atoms with Crippen LogP contribution in [-0.2, 0) is 9.53 Å². The number of nitrogens with one attached hydrogen (secondary N) is 1. The number of carbonyl (C=O) groups excluding carboxylic acids is 2. The van der Waals surface area contributed by atoms with E-state index in [2.05, 4.69) is 24.1 Å². The molecule has 5 nitrogen and oxygen atoms in total. The molecule has 2 aromatic carbocycles. The van der Waals surface area contributed by atoms with Gasteiger partial charge in [-0.15, -0.1) is 0 Å². The number of aryl methyl sites for hydroxylation is 1. The number of esters is 1. The Labute approximate surface area is 168 Å². The molecule has 3 rings (SSSR count). The third-order valence-electron chi connectivity index (χ3n) is 4.42. The van der Waals surface area contributed by atoms with Gasteiger partial charge in [0, 0.05) is 11.1 Å². The summed E-state index contributed by atoms with van der Waals surface area (Å²) in [7, 11) is 0. The second-order valence-corrected chi connectivity index (χ2v) is 7.25. The van der Waals surface area contributed by atoms with Crippen LogP contribution in [0.15, 0.2) is 48.5 Å². The number of halogens is 1. The van der Waals surface area contributed by atoms with Crippen LogP contribution >= 0.6 is 11.6 Å². The van der Waals surface area contributed by atoms with Gasteiger partial charge >= 0.3 is 5.97 Å². The number of ether oxygens (including phenoxy) is 1. The van der Waals surface area contributed by atoms with Crippen LogP contribution in [0.25, 0.3) is 10.9 Å². The Morgan fingerprint density at radius 2 is 1.93 bits per heavy atom. The number of carbonyl (C=O) groups is 2. The normalized spacial score (nSPS) is 10.9. The third-order valence-corrected chi connectivity index (χ3v) is 4.63. The molecule has 0 bridgehead atoms. The number of hydrogen-bond donors (Lipinski definition) is 1. The zero-order chi connectivity index (χ0) is 20.3. The lowest BCUT2D eigenvalue weighted by atomic mass is 9.98. The third kappa shape index (κ3) is 4.49. The van der Waals surface area contributed by atoms with Gasteiger partial charge in [0.05, 0.1) is 11.1 Å². The van der Waals surface area contributed by atoms with E-state index in [-0.39, 0.29) is 18.4 Å². The van der Waals surface area contributed by atoms with Crippen LogP contribution in [0.5, 0.6) is 0 Å². The second kappa shape index (κ2) is 8.40. The number of fused-ring (bicyclic) bond motifs is 1. The van der Waals surface area contributed by atoms with Crippen molar-refractivity contribution in [2.45, 2.75) is 26.7 Å². The van der Waals surface area contributed by atoms with E-state index in [4.69, 9.17) is 16.3 Å². The van der Waals surface area contributed by atoms with E-state index >= 15 is 0 Å². The number of rotatable bonds is 5. The van der Waals surface area contributed by atoms with Crippen LogP contribution < -0.4 is 5.32 Å². The lowest BCUT2D eigenvalue weighted by Gasteiger charge is -2.16. The monoisotopic (exact) mass is 396 g/mol. The van der Waals surface area contributed by atoms with Gasteiger partial charge in [-0.1, -0.05) is 43.6 Å². The molecule has 0 saturated carbocycles. The van der Waals surface area contributed by atoms with Crippen molar-refractivity contribution in [2.75, 3.05) is 11.9 Å². The smallest absolute Gasteiger partial charge is 0.338 e. The molecule has 0 aliphatic heterocycles. The molecule has 0 unspecified atom stereocenters. The van der Waals surface area contributed by atoms with Gasteiger partial charge in [0.1, 0.15) is 5.15 Å². The Kier molecular flexibility index (Phi) is 5.95. The predicted octanol–water partition coefficient (Wildman–Crippen LogP) is 5.12. The van der Waals surface area contributed by atoms with E-state index < -0.39 is 5.97 Å². The number of benzene rings is 2. The van der Waals surface area contributed by atoms with Gasteiger partial charge < -0.3 is 10.1 Å². The van der Waals surface area contributed by atoms with Crippen molar-refractivity contribution < 1.29 is 14.3 Å².